The highest BCUT2D eigenvalue weighted by Gasteiger charge is 2.40. The minimum atomic E-state index is -2.74. The maximum atomic E-state index is 10.3. The monoisotopic (exact) mass is 464 g/mol. The van der Waals surface area contributed by atoms with Crippen LogP contribution < -0.4 is 0 Å². The van der Waals surface area contributed by atoms with E-state index in [0.717, 1.165) is 0 Å². The molecule has 0 aliphatic carbocycles. The van der Waals surface area contributed by atoms with Gasteiger partial charge in [-0.1, -0.05) is 0 Å². The Morgan fingerprint density at radius 3 is 0.742 bits per heavy atom. The summed E-state index contributed by atoms with van der Waals surface area (Å²) in [7, 11) is 0. The lowest BCUT2D eigenvalue weighted by Gasteiger charge is -2.23. The van der Waals surface area contributed by atoms with Crippen molar-refractivity contribution in [3.63, 3.8) is 0 Å². The van der Waals surface area contributed by atoms with Crippen molar-refractivity contribution in [3.05, 3.63) is 0 Å². The molecule has 0 rings (SSSR count). The first-order valence-corrected chi connectivity index (χ1v) is 8.53. The zero-order valence-corrected chi connectivity index (χ0v) is 16.7. The minimum Gasteiger partial charge on any atom is -0.481 e. The molecule has 12 N–H and O–H groups in total. The van der Waals surface area contributed by atoms with Crippen LogP contribution in [0.2, 0.25) is 0 Å². The number of rotatable bonds is 13. The van der Waals surface area contributed by atoms with Crippen molar-refractivity contribution in [2.75, 3.05) is 52.9 Å². The average molecular weight is 464 g/mol. The molecule has 0 atom stereocenters. The fourth-order valence-electron chi connectivity index (χ4n) is 1.31. The van der Waals surface area contributed by atoms with Crippen LogP contribution in [0.1, 0.15) is 12.8 Å². The van der Waals surface area contributed by atoms with Crippen LogP contribution in [-0.4, -0.2) is 138 Å². The summed E-state index contributed by atoms with van der Waals surface area (Å²) in [6.45, 7) is -3.25. The third-order valence-electron chi connectivity index (χ3n) is 3.97. The predicted molar refractivity (Wildman–Crippen MR) is 98.6 cm³/mol. The Hall–Kier alpha value is -1.95. The van der Waals surface area contributed by atoms with Crippen LogP contribution in [0.5, 0.6) is 0 Å². The zero-order chi connectivity index (χ0) is 25.3. The van der Waals surface area contributed by atoms with Gasteiger partial charge in [0.15, 0.2) is 5.60 Å². The van der Waals surface area contributed by atoms with E-state index in [2.05, 4.69) is 0 Å². The summed E-state index contributed by atoms with van der Waals surface area (Å²) in [6, 6.07) is 0. The van der Waals surface area contributed by atoms with Gasteiger partial charge in [-0.3, -0.25) is 9.59 Å². The third kappa shape index (κ3) is 13.1. The Balaban J connectivity index is -0.000000390. The molecule has 0 aromatic rings. The summed E-state index contributed by atoms with van der Waals surface area (Å²) >= 11 is 0. The highest BCUT2D eigenvalue weighted by Crippen LogP contribution is 2.16. The molecule has 0 aliphatic heterocycles. The Morgan fingerprint density at radius 2 is 0.677 bits per heavy atom. The van der Waals surface area contributed by atoms with Crippen LogP contribution in [-0.2, 0) is 14.4 Å². The van der Waals surface area contributed by atoms with Crippen molar-refractivity contribution < 1.29 is 75.7 Å². The third-order valence-corrected chi connectivity index (χ3v) is 3.97. The zero-order valence-electron chi connectivity index (χ0n) is 16.7. The van der Waals surface area contributed by atoms with Crippen LogP contribution in [0.3, 0.4) is 0 Å². The Kier molecular flexibility index (Phi) is 18.2. The van der Waals surface area contributed by atoms with E-state index in [1.807, 2.05) is 0 Å². The van der Waals surface area contributed by atoms with E-state index >= 15 is 0 Å². The van der Waals surface area contributed by atoms with Gasteiger partial charge in [-0.25, -0.2) is 4.79 Å². The largest absolute Gasteiger partial charge is 0.481 e. The van der Waals surface area contributed by atoms with E-state index in [4.69, 9.17) is 61.3 Å². The molecule has 0 bridgehead atoms. The molecule has 15 heteroatoms. The molecule has 15 nitrogen and oxygen atoms in total. The molecular weight excluding hydrogens is 432 g/mol. The van der Waals surface area contributed by atoms with Crippen molar-refractivity contribution in [1.29, 1.82) is 0 Å². The van der Waals surface area contributed by atoms with E-state index in [-0.39, 0.29) is 0 Å². The van der Waals surface area contributed by atoms with Gasteiger partial charge in [0.2, 0.25) is 0 Å². The topological polar surface area (TPSA) is 294 Å². The predicted octanol–water partition coefficient (Wildman–Crippen LogP) is -5.36. The highest BCUT2D eigenvalue weighted by atomic mass is 16.4. The second-order valence-corrected chi connectivity index (χ2v) is 6.74. The van der Waals surface area contributed by atoms with Crippen LogP contribution in [0, 0.1) is 10.8 Å². The van der Waals surface area contributed by atoms with Crippen LogP contribution in [0.15, 0.2) is 0 Å². The Labute approximate surface area is 176 Å². The van der Waals surface area contributed by atoms with Gasteiger partial charge in [-0.15, -0.1) is 0 Å². The molecule has 0 aliphatic rings. The van der Waals surface area contributed by atoms with E-state index in [9.17, 15) is 14.4 Å². The lowest BCUT2D eigenvalue weighted by atomic mass is 9.93. The van der Waals surface area contributed by atoms with Crippen molar-refractivity contribution in [2.24, 2.45) is 10.8 Å². The molecule has 0 amide bonds. The van der Waals surface area contributed by atoms with Crippen molar-refractivity contribution >= 4 is 17.9 Å². The van der Waals surface area contributed by atoms with Crippen LogP contribution in [0.25, 0.3) is 0 Å². The van der Waals surface area contributed by atoms with E-state index in [1.165, 1.54) is 0 Å². The molecule has 0 aromatic carbocycles. The smallest absolute Gasteiger partial charge is 0.336 e. The first kappa shape index (κ1) is 33.7. The number of carboxylic acids is 3. The van der Waals surface area contributed by atoms with Gasteiger partial charge in [0.25, 0.3) is 0 Å². The molecule has 0 unspecified atom stereocenters. The summed E-state index contributed by atoms with van der Waals surface area (Å²) in [5, 5.41) is 102. The number of carboxylic acid groups (broad SMARTS) is 3. The maximum Gasteiger partial charge on any atom is 0.336 e. The fourth-order valence-corrected chi connectivity index (χ4v) is 1.31. The first-order valence-electron chi connectivity index (χ1n) is 8.53. The van der Waals surface area contributed by atoms with Gasteiger partial charge in [0.05, 0.1) is 76.5 Å². The number of aliphatic carboxylic acids is 3. The second kappa shape index (κ2) is 16.7. The molecule has 0 spiro atoms. The lowest BCUT2D eigenvalue weighted by molar-refractivity contribution is -0.170. The number of aliphatic hydroxyl groups is 9. The molecule has 0 saturated heterocycles. The van der Waals surface area contributed by atoms with E-state index < -0.39 is 100 Å². The first-order chi connectivity index (χ1) is 14.3. The van der Waals surface area contributed by atoms with E-state index in [0.29, 0.717) is 0 Å². The fraction of sp³-hybridized carbons (Fsp3) is 0.812. The standard InChI is InChI=1S/C6H8O7.2C5H12O4/c7-3(8)1-6(13,5(11)12)2-4(9)10;2*6-1-5(2-7,3-8)4-9/h13H,1-2H2,(H,7,8)(H,9,10)(H,11,12);2*6-9H,1-4H2. The van der Waals surface area contributed by atoms with Gasteiger partial charge in [-0.05, 0) is 0 Å². The van der Waals surface area contributed by atoms with Crippen molar-refractivity contribution in [2.45, 2.75) is 18.4 Å². The van der Waals surface area contributed by atoms with E-state index in [1.54, 1.807) is 0 Å². The van der Waals surface area contributed by atoms with Crippen molar-refractivity contribution in [1.82, 2.24) is 0 Å². The average Bonchev–Trinajstić information content (AvgIpc) is 2.72. The number of aliphatic hydroxyl groups excluding tert-OH is 8. The van der Waals surface area contributed by atoms with Gasteiger partial charge >= 0.3 is 17.9 Å². The highest BCUT2D eigenvalue weighted by molar-refractivity contribution is 5.88. The summed E-state index contributed by atoms with van der Waals surface area (Å²) < 4.78 is 0. The molecule has 31 heavy (non-hydrogen) atoms. The number of carbonyl (C=O) groups is 3. The molecule has 0 saturated carbocycles. The molecule has 0 fully saturated rings. The summed E-state index contributed by atoms with van der Waals surface area (Å²) in [4.78, 5) is 30.5. The SMILES string of the molecule is O=C(O)CC(O)(CC(=O)O)C(=O)O.OCC(CO)(CO)CO.OCC(CO)(CO)CO. The normalized spacial score (nSPS) is 11.5. The minimum absolute atomic E-state index is 0.406. The van der Waals surface area contributed by atoms with Crippen LogP contribution in [0.4, 0.5) is 0 Å². The van der Waals surface area contributed by atoms with Gasteiger partial charge in [0.1, 0.15) is 0 Å². The van der Waals surface area contributed by atoms with Crippen molar-refractivity contribution in [3.8, 4) is 0 Å². The quantitative estimate of drug-likeness (QED) is 0.121. The second-order valence-electron chi connectivity index (χ2n) is 6.74. The van der Waals surface area contributed by atoms with Gasteiger partial charge in [-0.2, -0.15) is 0 Å². The summed E-state index contributed by atoms with van der Waals surface area (Å²) in [5.41, 5.74) is -4.96. The van der Waals surface area contributed by atoms with Gasteiger partial charge < -0.3 is 61.3 Å². The molecular formula is C16H32O15. The molecule has 0 aromatic heterocycles. The van der Waals surface area contributed by atoms with Gasteiger partial charge in [0, 0.05) is 0 Å². The van der Waals surface area contributed by atoms with Crippen LogP contribution >= 0.6 is 0 Å². The lowest BCUT2D eigenvalue weighted by Crippen LogP contribution is -2.42. The summed E-state index contributed by atoms with van der Waals surface area (Å²) in [6.07, 6.45) is -2.29. The molecule has 186 valence electrons. The Morgan fingerprint density at radius 1 is 0.484 bits per heavy atom. The maximum absolute atomic E-state index is 10.3. The molecule has 0 radical (unpaired) electrons. The summed E-state index contributed by atoms with van der Waals surface area (Å²) in [5.74, 6) is -5.02. The molecule has 0 heterocycles. The number of hydrogen-bond donors (Lipinski definition) is 12. The number of hydrogen-bond acceptors (Lipinski definition) is 12. The Bertz CT molecular complexity index is 442.